The van der Waals surface area contributed by atoms with Crippen LogP contribution in [0.2, 0.25) is 0 Å². The molecule has 1 heterocycles. The number of carbonyl (C=O) groups excluding carboxylic acids is 1. The molecule has 0 saturated heterocycles. The Morgan fingerprint density at radius 3 is 2.14 bits per heavy atom. The molecule has 0 aromatic heterocycles. The zero-order valence-electron chi connectivity index (χ0n) is 15.1. The molecule has 144 valence electrons. The topological polar surface area (TPSA) is 101 Å². The van der Waals surface area contributed by atoms with Crippen molar-refractivity contribution in [3.05, 3.63) is 106 Å². The van der Waals surface area contributed by atoms with Crippen molar-refractivity contribution in [3.63, 3.8) is 0 Å². The van der Waals surface area contributed by atoms with Gasteiger partial charge in [0.1, 0.15) is 5.92 Å². The number of hydrogen-bond acceptors (Lipinski definition) is 4. The van der Waals surface area contributed by atoms with E-state index in [0.717, 1.165) is 0 Å². The van der Waals surface area contributed by atoms with Gasteiger partial charge in [0, 0.05) is 17.3 Å². The van der Waals surface area contributed by atoms with E-state index >= 15 is 0 Å². The van der Waals surface area contributed by atoms with Gasteiger partial charge in [-0.1, -0.05) is 54.6 Å². The summed E-state index contributed by atoms with van der Waals surface area (Å²) in [7, 11) is 0. The van der Waals surface area contributed by atoms with E-state index in [-0.39, 0.29) is 16.8 Å². The first kappa shape index (κ1) is 18.4. The van der Waals surface area contributed by atoms with E-state index in [9.17, 15) is 24.8 Å². The van der Waals surface area contributed by atoms with Gasteiger partial charge in [0.15, 0.2) is 0 Å². The fourth-order valence-corrected chi connectivity index (χ4v) is 3.90. The Hall–Kier alpha value is -4.00. The summed E-state index contributed by atoms with van der Waals surface area (Å²) >= 11 is 0. The Morgan fingerprint density at radius 2 is 1.48 bits per heavy atom. The first-order valence-corrected chi connectivity index (χ1v) is 8.94. The molecule has 4 rings (SSSR count). The lowest BCUT2D eigenvalue weighted by Crippen LogP contribution is -2.45. The van der Waals surface area contributed by atoms with Gasteiger partial charge in [0.25, 0.3) is 11.6 Å². The predicted octanol–water partition coefficient (Wildman–Crippen LogP) is 4.16. The summed E-state index contributed by atoms with van der Waals surface area (Å²) in [5.74, 6) is -2.72. The summed E-state index contributed by atoms with van der Waals surface area (Å²) < 4.78 is 0. The molecular weight excluding hydrogens is 372 g/mol. The van der Waals surface area contributed by atoms with Gasteiger partial charge in [-0.05, 0) is 23.8 Å². The summed E-state index contributed by atoms with van der Waals surface area (Å²) in [4.78, 5) is 38.2. The average Bonchev–Trinajstić information content (AvgIpc) is 2.74. The van der Waals surface area contributed by atoms with Crippen molar-refractivity contribution in [2.24, 2.45) is 0 Å². The van der Waals surface area contributed by atoms with E-state index in [0.29, 0.717) is 11.3 Å². The van der Waals surface area contributed by atoms with Crippen molar-refractivity contribution in [2.45, 2.75) is 12.0 Å². The van der Waals surface area contributed by atoms with Crippen LogP contribution in [0, 0.1) is 10.1 Å². The number of nitro benzene ring substituents is 1. The molecule has 3 aromatic carbocycles. The van der Waals surface area contributed by atoms with Gasteiger partial charge in [-0.3, -0.25) is 24.6 Å². The Balaban J connectivity index is 2.04. The fraction of sp³-hybridized carbons (Fsp3) is 0.0909. The number of aliphatic carboxylic acids is 1. The number of carbonyl (C=O) groups is 2. The molecule has 1 amide bonds. The van der Waals surface area contributed by atoms with E-state index in [2.05, 4.69) is 0 Å². The minimum Gasteiger partial charge on any atom is -0.481 e. The zero-order chi connectivity index (χ0) is 20.5. The number of nitrogens with zero attached hydrogens (tertiary/aromatic N) is 2. The van der Waals surface area contributed by atoms with Crippen LogP contribution in [0.25, 0.3) is 0 Å². The second-order valence-corrected chi connectivity index (χ2v) is 6.67. The number of hydrogen-bond donors (Lipinski definition) is 1. The average molecular weight is 388 g/mol. The van der Waals surface area contributed by atoms with E-state index in [1.54, 1.807) is 60.7 Å². The molecule has 1 aliphatic heterocycles. The van der Waals surface area contributed by atoms with E-state index < -0.39 is 28.8 Å². The molecule has 7 nitrogen and oxygen atoms in total. The van der Waals surface area contributed by atoms with Crippen molar-refractivity contribution in [1.29, 1.82) is 0 Å². The summed E-state index contributed by atoms with van der Waals surface area (Å²) in [6.07, 6.45) is 0. The molecule has 0 bridgehead atoms. The van der Waals surface area contributed by atoms with Crippen LogP contribution in [0.4, 0.5) is 11.4 Å². The minimum absolute atomic E-state index is 0.177. The van der Waals surface area contributed by atoms with E-state index in [1.165, 1.54) is 23.1 Å². The van der Waals surface area contributed by atoms with Gasteiger partial charge in [-0.25, -0.2) is 0 Å². The van der Waals surface area contributed by atoms with Gasteiger partial charge in [-0.2, -0.15) is 0 Å². The summed E-state index contributed by atoms with van der Waals surface area (Å²) in [5.41, 5.74) is 1.05. The summed E-state index contributed by atoms with van der Waals surface area (Å²) in [6, 6.07) is 20.0. The Labute approximate surface area is 166 Å². The lowest BCUT2D eigenvalue weighted by Gasteiger charge is -2.40. The van der Waals surface area contributed by atoms with Crippen LogP contribution in [-0.4, -0.2) is 21.9 Å². The molecule has 0 spiro atoms. The number of carboxylic acid groups (broad SMARTS) is 1. The Kier molecular flexibility index (Phi) is 4.56. The van der Waals surface area contributed by atoms with Crippen LogP contribution < -0.4 is 4.90 Å². The summed E-state index contributed by atoms with van der Waals surface area (Å²) in [5, 5.41) is 21.8. The van der Waals surface area contributed by atoms with Crippen molar-refractivity contribution < 1.29 is 19.6 Å². The summed E-state index contributed by atoms with van der Waals surface area (Å²) in [6.45, 7) is 0. The van der Waals surface area contributed by atoms with Crippen LogP contribution in [0.1, 0.15) is 33.4 Å². The van der Waals surface area contributed by atoms with Crippen molar-refractivity contribution in [3.8, 4) is 0 Å². The number of rotatable bonds is 4. The minimum atomic E-state index is -1.16. The molecule has 29 heavy (non-hydrogen) atoms. The molecule has 0 unspecified atom stereocenters. The van der Waals surface area contributed by atoms with Crippen molar-refractivity contribution in [1.82, 2.24) is 0 Å². The molecule has 3 aromatic rings. The number of benzene rings is 3. The molecule has 7 heteroatoms. The maximum absolute atomic E-state index is 13.4. The highest BCUT2D eigenvalue weighted by molar-refractivity contribution is 6.11. The second-order valence-electron chi connectivity index (χ2n) is 6.67. The maximum atomic E-state index is 13.4. The third-order valence-electron chi connectivity index (χ3n) is 5.09. The third kappa shape index (κ3) is 3.02. The van der Waals surface area contributed by atoms with Gasteiger partial charge in [-0.15, -0.1) is 0 Å². The van der Waals surface area contributed by atoms with Gasteiger partial charge < -0.3 is 5.11 Å². The SMILES string of the molecule is O=C(O)[C@@H]1c2ccccc2C(=O)N(c2ccccc2)[C@@H]1c1ccccc1[N+](=O)[O-]. The Morgan fingerprint density at radius 1 is 0.897 bits per heavy atom. The van der Waals surface area contributed by atoms with Crippen molar-refractivity contribution in [2.75, 3.05) is 4.90 Å². The first-order chi connectivity index (χ1) is 14.0. The smallest absolute Gasteiger partial charge is 0.313 e. The maximum Gasteiger partial charge on any atom is 0.313 e. The van der Waals surface area contributed by atoms with E-state index in [1.807, 2.05) is 0 Å². The molecule has 1 N–H and O–H groups in total. The van der Waals surface area contributed by atoms with Gasteiger partial charge in [0.2, 0.25) is 0 Å². The predicted molar refractivity (Wildman–Crippen MR) is 106 cm³/mol. The first-order valence-electron chi connectivity index (χ1n) is 8.94. The number of carboxylic acids is 1. The fourth-order valence-electron chi connectivity index (χ4n) is 3.90. The molecule has 2 atom stereocenters. The molecule has 0 saturated carbocycles. The molecular formula is C22H16N2O5. The highest BCUT2D eigenvalue weighted by Crippen LogP contribution is 2.47. The lowest BCUT2D eigenvalue weighted by molar-refractivity contribution is -0.385. The van der Waals surface area contributed by atoms with Crippen LogP contribution in [0.3, 0.4) is 0 Å². The van der Waals surface area contributed by atoms with E-state index in [4.69, 9.17) is 0 Å². The lowest BCUT2D eigenvalue weighted by atomic mass is 9.79. The highest BCUT2D eigenvalue weighted by Gasteiger charge is 2.46. The number of fused-ring (bicyclic) bond motifs is 1. The molecule has 0 fully saturated rings. The van der Waals surface area contributed by atoms with Crippen LogP contribution >= 0.6 is 0 Å². The van der Waals surface area contributed by atoms with Gasteiger partial charge in [0.05, 0.1) is 16.5 Å². The van der Waals surface area contributed by atoms with Crippen LogP contribution in [-0.2, 0) is 4.79 Å². The Bertz CT molecular complexity index is 1110. The normalized spacial score (nSPS) is 18.2. The second kappa shape index (κ2) is 7.20. The number of nitro groups is 1. The standard InChI is InChI=1S/C22H16N2O5/c25-21-16-11-5-4-10-15(16)19(22(26)27)20(23(21)14-8-2-1-3-9-14)17-12-6-7-13-18(17)24(28)29/h1-13,19-20H,(H,26,27)/t19-,20-/m1/s1. The van der Waals surface area contributed by atoms with Gasteiger partial charge >= 0.3 is 5.97 Å². The largest absolute Gasteiger partial charge is 0.481 e. The van der Waals surface area contributed by atoms with Crippen LogP contribution in [0.5, 0.6) is 0 Å². The third-order valence-corrected chi connectivity index (χ3v) is 5.09. The molecule has 0 aliphatic carbocycles. The monoisotopic (exact) mass is 388 g/mol. The zero-order valence-corrected chi connectivity index (χ0v) is 15.1. The number of amides is 1. The number of anilines is 1. The highest BCUT2D eigenvalue weighted by atomic mass is 16.6. The number of para-hydroxylation sites is 2. The molecule has 1 aliphatic rings. The van der Waals surface area contributed by atoms with Crippen molar-refractivity contribution >= 4 is 23.3 Å². The quantitative estimate of drug-likeness (QED) is 0.534. The molecule has 0 radical (unpaired) electrons. The van der Waals surface area contributed by atoms with Crippen LogP contribution in [0.15, 0.2) is 78.9 Å².